The van der Waals surface area contributed by atoms with E-state index in [1.54, 1.807) is 6.07 Å². The number of fused-ring (bicyclic) bond motifs is 1. The minimum Gasteiger partial charge on any atom is -0.508 e. The number of nitrogens with two attached hydrogens (primary N) is 1. The van der Waals surface area contributed by atoms with E-state index in [2.05, 4.69) is 6.08 Å². The van der Waals surface area contributed by atoms with Crippen molar-refractivity contribution in [2.75, 3.05) is 6.54 Å². The molecule has 0 aliphatic heterocycles. The smallest absolute Gasteiger partial charge is 0.119 e. The summed E-state index contributed by atoms with van der Waals surface area (Å²) in [5.41, 5.74) is 8.99. The van der Waals surface area contributed by atoms with Gasteiger partial charge >= 0.3 is 0 Å². The molecule has 1 aromatic carbocycles. The summed E-state index contributed by atoms with van der Waals surface area (Å²) in [5.74, 6) is 0.403. The number of phenolic OH excluding ortho intramolecular Hbond substituents is 1. The molecule has 2 rings (SSSR count). The lowest BCUT2D eigenvalue weighted by Crippen LogP contribution is -2.00. The summed E-state index contributed by atoms with van der Waals surface area (Å²) in [4.78, 5) is 0. The van der Waals surface area contributed by atoms with Crippen LogP contribution in [0.15, 0.2) is 23.8 Å². The van der Waals surface area contributed by atoms with Crippen molar-refractivity contribution in [2.45, 2.75) is 12.8 Å². The van der Waals surface area contributed by atoms with Gasteiger partial charge in [-0.3, -0.25) is 0 Å². The van der Waals surface area contributed by atoms with E-state index in [1.807, 2.05) is 12.1 Å². The highest BCUT2D eigenvalue weighted by Gasteiger charge is 2.14. The standard InChI is InChI=1S/C11H13NO/c12-5-4-8-6-9-2-1-3-11(13)10(9)7-8/h1-3,6,13H,4-5,7,12H2. The van der Waals surface area contributed by atoms with Crippen LogP contribution in [0.2, 0.25) is 0 Å². The Bertz CT molecular complexity index is 355. The summed E-state index contributed by atoms with van der Waals surface area (Å²) in [5, 5.41) is 9.55. The summed E-state index contributed by atoms with van der Waals surface area (Å²) in [6, 6.07) is 5.63. The SMILES string of the molecule is NCCC1=Cc2cccc(O)c2C1. The fourth-order valence-electron chi connectivity index (χ4n) is 1.76. The largest absolute Gasteiger partial charge is 0.508 e. The van der Waals surface area contributed by atoms with Crippen LogP contribution in [0.4, 0.5) is 0 Å². The molecule has 0 saturated carbocycles. The molecular weight excluding hydrogens is 162 g/mol. The van der Waals surface area contributed by atoms with Gasteiger partial charge in [-0.2, -0.15) is 0 Å². The van der Waals surface area contributed by atoms with Crippen molar-refractivity contribution in [3.63, 3.8) is 0 Å². The molecule has 0 aromatic heterocycles. The molecule has 68 valence electrons. The van der Waals surface area contributed by atoms with E-state index in [9.17, 15) is 5.11 Å². The molecular formula is C11H13NO. The Labute approximate surface area is 77.7 Å². The maximum Gasteiger partial charge on any atom is 0.119 e. The lowest BCUT2D eigenvalue weighted by atomic mass is 10.1. The Morgan fingerprint density at radius 3 is 2.92 bits per heavy atom. The topological polar surface area (TPSA) is 46.2 Å². The second kappa shape index (κ2) is 3.23. The summed E-state index contributed by atoms with van der Waals surface area (Å²) < 4.78 is 0. The van der Waals surface area contributed by atoms with Gasteiger partial charge in [-0.05, 0) is 31.0 Å². The molecule has 0 fully saturated rings. The molecule has 0 radical (unpaired) electrons. The van der Waals surface area contributed by atoms with Gasteiger partial charge in [0.05, 0.1) is 0 Å². The number of benzene rings is 1. The summed E-state index contributed by atoms with van der Waals surface area (Å²) in [6.07, 6.45) is 3.91. The molecule has 0 amide bonds. The van der Waals surface area contributed by atoms with Crippen molar-refractivity contribution >= 4 is 6.08 Å². The lowest BCUT2D eigenvalue weighted by Gasteiger charge is -2.01. The number of aromatic hydroxyl groups is 1. The van der Waals surface area contributed by atoms with Gasteiger partial charge in [0, 0.05) is 5.56 Å². The van der Waals surface area contributed by atoms with Crippen molar-refractivity contribution in [3.05, 3.63) is 34.9 Å². The summed E-state index contributed by atoms with van der Waals surface area (Å²) >= 11 is 0. The zero-order chi connectivity index (χ0) is 9.26. The highest BCUT2D eigenvalue weighted by atomic mass is 16.3. The third kappa shape index (κ3) is 1.45. The number of hydrogen-bond donors (Lipinski definition) is 2. The average Bonchev–Trinajstić information content (AvgIpc) is 2.49. The Balaban J connectivity index is 2.30. The molecule has 1 aliphatic rings. The molecule has 13 heavy (non-hydrogen) atoms. The second-order valence-corrected chi connectivity index (χ2v) is 3.36. The van der Waals surface area contributed by atoms with Crippen LogP contribution >= 0.6 is 0 Å². The Morgan fingerprint density at radius 1 is 1.38 bits per heavy atom. The first-order chi connectivity index (χ1) is 6.31. The van der Waals surface area contributed by atoms with Crippen LogP contribution in [0.3, 0.4) is 0 Å². The van der Waals surface area contributed by atoms with E-state index in [1.165, 1.54) is 5.57 Å². The van der Waals surface area contributed by atoms with Gasteiger partial charge < -0.3 is 10.8 Å². The molecule has 3 N–H and O–H groups in total. The highest BCUT2D eigenvalue weighted by molar-refractivity contribution is 5.66. The molecule has 2 heteroatoms. The Morgan fingerprint density at radius 2 is 2.23 bits per heavy atom. The average molecular weight is 175 g/mol. The molecule has 0 bridgehead atoms. The van der Waals surface area contributed by atoms with E-state index < -0.39 is 0 Å². The highest BCUT2D eigenvalue weighted by Crippen LogP contribution is 2.32. The van der Waals surface area contributed by atoms with Gasteiger partial charge in [0.15, 0.2) is 0 Å². The maximum atomic E-state index is 9.55. The molecule has 0 atom stereocenters. The molecule has 0 unspecified atom stereocenters. The Kier molecular flexibility index (Phi) is 2.07. The zero-order valence-corrected chi connectivity index (χ0v) is 7.46. The number of rotatable bonds is 2. The van der Waals surface area contributed by atoms with E-state index in [4.69, 9.17) is 5.73 Å². The maximum absolute atomic E-state index is 9.55. The van der Waals surface area contributed by atoms with Gasteiger partial charge in [-0.15, -0.1) is 0 Å². The molecule has 1 aliphatic carbocycles. The number of phenols is 1. The van der Waals surface area contributed by atoms with E-state index in [0.29, 0.717) is 12.3 Å². The fourth-order valence-corrected chi connectivity index (χ4v) is 1.76. The predicted octanol–water partition coefficient (Wildman–Crippen LogP) is 1.68. The van der Waals surface area contributed by atoms with Gasteiger partial charge in [0.25, 0.3) is 0 Å². The molecule has 0 saturated heterocycles. The van der Waals surface area contributed by atoms with Crippen molar-refractivity contribution in [1.29, 1.82) is 0 Å². The third-order valence-corrected chi connectivity index (χ3v) is 2.42. The third-order valence-electron chi connectivity index (χ3n) is 2.42. The first-order valence-corrected chi connectivity index (χ1v) is 4.51. The summed E-state index contributed by atoms with van der Waals surface area (Å²) in [7, 11) is 0. The van der Waals surface area contributed by atoms with E-state index in [0.717, 1.165) is 24.0 Å². The lowest BCUT2D eigenvalue weighted by molar-refractivity contribution is 0.469. The van der Waals surface area contributed by atoms with Gasteiger partial charge in [0.2, 0.25) is 0 Å². The summed E-state index contributed by atoms with van der Waals surface area (Å²) in [6.45, 7) is 0.681. The van der Waals surface area contributed by atoms with Crippen molar-refractivity contribution in [2.24, 2.45) is 5.73 Å². The first-order valence-electron chi connectivity index (χ1n) is 4.51. The van der Waals surface area contributed by atoms with Gasteiger partial charge in [0.1, 0.15) is 5.75 Å². The molecule has 0 heterocycles. The van der Waals surface area contributed by atoms with Crippen molar-refractivity contribution < 1.29 is 5.11 Å². The minimum absolute atomic E-state index is 0.403. The normalized spacial score (nSPS) is 14.1. The monoisotopic (exact) mass is 175 g/mol. The van der Waals surface area contributed by atoms with Crippen LogP contribution < -0.4 is 5.73 Å². The van der Waals surface area contributed by atoms with Crippen LogP contribution in [-0.4, -0.2) is 11.7 Å². The van der Waals surface area contributed by atoms with Crippen LogP contribution in [-0.2, 0) is 6.42 Å². The van der Waals surface area contributed by atoms with Gasteiger partial charge in [-0.25, -0.2) is 0 Å². The quantitative estimate of drug-likeness (QED) is 0.718. The van der Waals surface area contributed by atoms with E-state index in [-0.39, 0.29) is 0 Å². The van der Waals surface area contributed by atoms with Gasteiger partial charge in [-0.1, -0.05) is 23.8 Å². The molecule has 1 aromatic rings. The van der Waals surface area contributed by atoms with Crippen LogP contribution in [0.25, 0.3) is 6.08 Å². The molecule has 2 nitrogen and oxygen atoms in total. The van der Waals surface area contributed by atoms with Crippen LogP contribution in [0, 0.1) is 0 Å². The minimum atomic E-state index is 0.403. The van der Waals surface area contributed by atoms with E-state index >= 15 is 0 Å². The molecule has 0 spiro atoms. The number of hydrogen-bond acceptors (Lipinski definition) is 2. The van der Waals surface area contributed by atoms with Crippen LogP contribution in [0.1, 0.15) is 17.5 Å². The van der Waals surface area contributed by atoms with Crippen LogP contribution in [0.5, 0.6) is 5.75 Å². The van der Waals surface area contributed by atoms with Crippen molar-refractivity contribution in [3.8, 4) is 5.75 Å². The predicted molar refractivity (Wildman–Crippen MR) is 53.5 cm³/mol. The first kappa shape index (κ1) is 8.32. The Hall–Kier alpha value is -1.28. The zero-order valence-electron chi connectivity index (χ0n) is 7.46. The fraction of sp³-hybridized carbons (Fsp3) is 0.273. The second-order valence-electron chi connectivity index (χ2n) is 3.36. The van der Waals surface area contributed by atoms with Crippen molar-refractivity contribution in [1.82, 2.24) is 0 Å².